The molecule has 1 aliphatic heterocycles. The highest BCUT2D eigenvalue weighted by molar-refractivity contribution is 8.09. The lowest BCUT2D eigenvalue weighted by Crippen LogP contribution is -2.43. The van der Waals surface area contributed by atoms with E-state index in [1.807, 2.05) is 5.43 Å². The summed E-state index contributed by atoms with van der Waals surface area (Å²) in [5.74, 6) is -1.06. The molecule has 30 heavy (non-hydrogen) atoms. The zero-order chi connectivity index (χ0) is 22.5. The van der Waals surface area contributed by atoms with Gasteiger partial charge < -0.3 is 0 Å². The second-order valence-electron chi connectivity index (χ2n) is 6.14. The van der Waals surface area contributed by atoms with E-state index in [-0.39, 0.29) is 17.3 Å². The summed E-state index contributed by atoms with van der Waals surface area (Å²) in [5.41, 5.74) is -2.20. The van der Waals surface area contributed by atoms with Crippen molar-refractivity contribution in [3.05, 3.63) is 59.2 Å². The first-order valence-electron chi connectivity index (χ1n) is 7.99. The molecule has 3 rings (SSSR count). The van der Waals surface area contributed by atoms with E-state index in [1.165, 1.54) is 24.3 Å². The summed E-state index contributed by atoms with van der Waals surface area (Å²) in [7, 11) is -3.36. The number of benzene rings is 2. The molecule has 0 atom stereocenters. The van der Waals surface area contributed by atoms with Crippen LogP contribution in [-0.4, -0.2) is 26.3 Å². The van der Waals surface area contributed by atoms with E-state index in [9.17, 15) is 39.6 Å². The molecule has 1 N–H and O–H groups in total. The van der Waals surface area contributed by atoms with Gasteiger partial charge in [-0.1, -0.05) is 12.1 Å². The van der Waals surface area contributed by atoms with Crippen molar-refractivity contribution in [1.29, 1.82) is 0 Å². The van der Waals surface area contributed by atoms with Crippen molar-refractivity contribution in [3.63, 3.8) is 0 Å². The topological polar surface area (TPSA) is 78.8 Å². The molecule has 6 nitrogen and oxygen atoms in total. The van der Waals surface area contributed by atoms with Crippen molar-refractivity contribution < 1.29 is 39.6 Å². The van der Waals surface area contributed by atoms with E-state index in [2.05, 4.69) is 5.10 Å². The number of fused-ring (bicyclic) bond motifs is 1. The van der Waals surface area contributed by atoms with Crippen LogP contribution < -0.4 is 9.73 Å². The Labute approximate surface area is 165 Å². The van der Waals surface area contributed by atoms with Crippen molar-refractivity contribution in [2.24, 2.45) is 5.10 Å². The minimum Gasteiger partial charge on any atom is -0.286 e. The summed E-state index contributed by atoms with van der Waals surface area (Å²) in [6, 6.07) is 6.15. The zero-order valence-corrected chi connectivity index (χ0v) is 15.7. The number of nitrogens with zero attached hydrogens (tertiary/aromatic N) is 2. The second kappa shape index (κ2) is 7.00. The number of sulfonamides is 1. The number of alkyl halides is 6. The molecular weight excluding hydrogens is 440 g/mol. The molecule has 0 radical (unpaired) electrons. The van der Waals surface area contributed by atoms with E-state index in [4.69, 9.17) is 0 Å². The van der Waals surface area contributed by atoms with E-state index in [1.54, 1.807) is 0 Å². The van der Waals surface area contributed by atoms with E-state index in [0.717, 1.165) is 11.4 Å². The van der Waals surface area contributed by atoms with Crippen LogP contribution in [0.4, 0.5) is 37.7 Å². The van der Waals surface area contributed by atoms with Crippen LogP contribution in [0.5, 0.6) is 0 Å². The van der Waals surface area contributed by atoms with Crippen molar-refractivity contribution in [2.45, 2.75) is 12.4 Å². The minimum atomic E-state index is -5.10. The van der Waals surface area contributed by atoms with Crippen molar-refractivity contribution in [3.8, 4) is 0 Å². The van der Waals surface area contributed by atoms with Gasteiger partial charge in [-0.05, 0) is 30.3 Å². The van der Waals surface area contributed by atoms with Gasteiger partial charge >= 0.3 is 12.4 Å². The van der Waals surface area contributed by atoms with Crippen molar-refractivity contribution in [1.82, 2.24) is 0 Å². The Kier molecular flexibility index (Phi) is 5.05. The highest BCUT2D eigenvalue weighted by Gasteiger charge is 2.40. The van der Waals surface area contributed by atoms with Gasteiger partial charge in [0.1, 0.15) is 0 Å². The van der Waals surface area contributed by atoms with Crippen LogP contribution in [0.25, 0.3) is 0 Å². The van der Waals surface area contributed by atoms with Crippen LogP contribution in [0, 0.1) is 0 Å². The van der Waals surface area contributed by atoms with Gasteiger partial charge in [0, 0.05) is 12.6 Å². The molecule has 0 bridgehead atoms. The fourth-order valence-corrected chi connectivity index (χ4v) is 3.86. The summed E-state index contributed by atoms with van der Waals surface area (Å²) >= 11 is 0. The molecule has 13 heteroatoms. The van der Waals surface area contributed by atoms with Gasteiger partial charge in [-0.25, -0.2) is 0 Å². The Balaban J connectivity index is 2.08. The SMILES string of the molecule is CN1c2ccccc2C(=O)/C(=N/Nc2cc(C(F)(F)F)cc(C(F)(F)F)c2)S1(=O)=O. The number of hydrazone groups is 1. The average molecular weight is 451 g/mol. The van der Waals surface area contributed by atoms with Gasteiger partial charge in [0.15, 0.2) is 0 Å². The number of halogens is 6. The van der Waals surface area contributed by atoms with Crippen molar-refractivity contribution in [2.75, 3.05) is 16.8 Å². The highest BCUT2D eigenvalue weighted by atomic mass is 32.2. The summed E-state index contributed by atoms with van der Waals surface area (Å²) in [6.45, 7) is 0. The number of rotatable bonds is 2. The standard InChI is InChI=1S/C17H11F6N3O3S/c1-26-13-5-3-2-4-12(13)14(27)15(30(26,28)29)25-24-11-7-9(16(18,19)20)6-10(8-11)17(21,22)23/h2-8,24H,1H3/b25-15-. The van der Waals surface area contributed by atoms with Gasteiger partial charge in [0.2, 0.25) is 10.8 Å². The van der Waals surface area contributed by atoms with Gasteiger partial charge in [-0.2, -0.15) is 39.9 Å². The summed E-state index contributed by atoms with van der Waals surface area (Å²) in [4.78, 5) is 12.5. The minimum absolute atomic E-state index is 0.0459. The van der Waals surface area contributed by atoms with E-state index < -0.39 is 50.0 Å². The van der Waals surface area contributed by atoms with Crippen LogP contribution in [0.2, 0.25) is 0 Å². The Morgan fingerprint density at radius 3 is 2.00 bits per heavy atom. The third-order valence-corrected chi connectivity index (χ3v) is 5.84. The third kappa shape index (κ3) is 3.84. The number of nitrogens with one attached hydrogen (secondary N) is 1. The maximum absolute atomic E-state index is 12.9. The molecule has 0 aliphatic carbocycles. The molecule has 0 amide bonds. The summed E-state index contributed by atoms with van der Waals surface area (Å²) in [5, 5.41) is 2.26. The maximum Gasteiger partial charge on any atom is 0.416 e. The molecule has 2 aromatic carbocycles. The quantitative estimate of drug-likeness (QED) is 0.551. The molecule has 0 fully saturated rings. The van der Waals surface area contributed by atoms with Crippen LogP contribution in [0.1, 0.15) is 21.5 Å². The zero-order valence-electron chi connectivity index (χ0n) is 14.8. The number of hydrogen-bond donors (Lipinski definition) is 1. The molecule has 0 saturated carbocycles. The Hall–Kier alpha value is -3.09. The summed E-state index contributed by atoms with van der Waals surface area (Å²) in [6.07, 6.45) is -10.2. The van der Waals surface area contributed by atoms with Gasteiger partial charge in [-0.15, -0.1) is 0 Å². The number of hydrogen-bond acceptors (Lipinski definition) is 5. The van der Waals surface area contributed by atoms with Crippen LogP contribution in [0.3, 0.4) is 0 Å². The van der Waals surface area contributed by atoms with Crippen LogP contribution in [0.15, 0.2) is 47.6 Å². The number of anilines is 2. The summed E-state index contributed by atoms with van der Waals surface area (Å²) < 4.78 is 103. The molecule has 0 saturated heterocycles. The number of Topliss-reactive ketones (excluding diaryl/α,β-unsaturated/α-hetero) is 1. The fraction of sp³-hybridized carbons (Fsp3) is 0.176. The molecule has 0 unspecified atom stereocenters. The predicted octanol–water partition coefficient (Wildman–Crippen LogP) is 4.11. The third-order valence-electron chi connectivity index (χ3n) is 4.16. The lowest BCUT2D eigenvalue weighted by Gasteiger charge is -2.26. The number of ketones is 1. The Morgan fingerprint density at radius 1 is 0.933 bits per heavy atom. The second-order valence-corrected chi connectivity index (χ2v) is 8.03. The largest absolute Gasteiger partial charge is 0.416 e. The van der Waals surface area contributed by atoms with Crippen molar-refractivity contribution >= 4 is 32.2 Å². The first-order valence-corrected chi connectivity index (χ1v) is 9.43. The first kappa shape index (κ1) is 21.6. The smallest absolute Gasteiger partial charge is 0.286 e. The lowest BCUT2D eigenvalue weighted by atomic mass is 10.1. The van der Waals surface area contributed by atoms with Crippen LogP contribution in [-0.2, 0) is 22.4 Å². The number of carbonyl (C=O) groups is 1. The lowest BCUT2D eigenvalue weighted by molar-refractivity contribution is -0.143. The van der Waals surface area contributed by atoms with Gasteiger partial charge in [0.05, 0.1) is 22.5 Å². The molecular formula is C17H11F6N3O3S. The molecule has 160 valence electrons. The van der Waals surface area contributed by atoms with E-state index in [0.29, 0.717) is 12.1 Å². The monoisotopic (exact) mass is 451 g/mol. The fourth-order valence-electron chi connectivity index (χ4n) is 2.68. The number of carbonyl (C=O) groups excluding carboxylic acids is 1. The molecule has 1 heterocycles. The van der Waals surface area contributed by atoms with Gasteiger partial charge in [0.25, 0.3) is 10.0 Å². The Bertz CT molecular complexity index is 1120. The molecule has 0 aromatic heterocycles. The molecule has 2 aromatic rings. The molecule has 0 spiro atoms. The average Bonchev–Trinajstić information content (AvgIpc) is 2.64. The highest BCUT2D eigenvalue weighted by Crippen LogP contribution is 2.37. The van der Waals surface area contributed by atoms with Crippen LogP contribution >= 0.6 is 0 Å². The Morgan fingerprint density at radius 2 is 1.47 bits per heavy atom. The normalized spacial score (nSPS) is 17.8. The number of para-hydroxylation sites is 1. The van der Waals surface area contributed by atoms with E-state index >= 15 is 0 Å². The molecule has 1 aliphatic rings. The first-order chi connectivity index (χ1) is 13.7. The predicted molar refractivity (Wildman–Crippen MR) is 95.6 cm³/mol. The van der Waals surface area contributed by atoms with Gasteiger partial charge in [-0.3, -0.25) is 14.5 Å². The maximum atomic E-state index is 12.9.